The summed E-state index contributed by atoms with van der Waals surface area (Å²) in [6, 6.07) is 6.18. The molecule has 0 spiro atoms. The van der Waals surface area contributed by atoms with Crippen molar-refractivity contribution in [3.05, 3.63) is 35.6 Å². The van der Waals surface area contributed by atoms with Crippen molar-refractivity contribution in [1.82, 2.24) is 4.90 Å². The monoisotopic (exact) mass is 291 g/mol. The van der Waals surface area contributed by atoms with Crippen LogP contribution in [0.5, 0.6) is 0 Å². The van der Waals surface area contributed by atoms with Crippen LogP contribution in [0.4, 0.5) is 4.39 Å². The molecule has 2 saturated carbocycles. The molecule has 2 fully saturated rings. The first-order chi connectivity index (χ1) is 10.1. The van der Waals surface area contributed by atoms with Crippen LogP contribution < -0.4 is 0 Å². The Kier molecular flexibility index (Phi) is 4.60. The summed E-state index contributed by atoms with van der Waals surface area (Å²) in [5, 5.41) is 10.2. The lowest BCUT2D eigenvalue weighted by Gasteiger charge is -2.27. The Morgan fingerprint density at radius 1 is 1.24 bits per heavy atom. The van der Waals surface area contributed by atoms with Crippen LogP contribution in [0.3, 0.4) is 0 Å². The third-order valence-corrected chi connectivity index (χ3v) is 5.47. The van der Waals surface area contributed by atoms with Crippen molar-refractivity contribution in [3.63, 3.8) is 0 Å². The SMILES string of the molecule is CN(CCC(O)c1ccc(F)cc1)CC1CC2CCC1C2. The molecule has 2 aliphatic carbocycles. The maximum absolute atomic E-state index is 12.9. The maximum atomic E-state index is 12.9. The summed E-state index contributed by atoms with van der Waals surface area (Å²) in [6.07, 6.45) is 5.97. The van der Waals surface area contributed by atoms with Gasteiger partial charge in [-0.1, -0.05) is 18.6 Å². The Labute approximate surface area is 127 Å². The number of aliphatic hydroxyl groups is 1. The fraction of sp³-hybridized carbons (Fsp3) is 0.667. The van der Waals surface area contributed by atoms with E-state index in [0.717, 1.165) is 36.4 Å². The summed E-state index contributed by atoms with van der Waals surface area (Å²) in [6.45, 7) is 2.06. The molecule has 0 heterocycles. The minimum atomic E-state index is -0.493. The highest BCUT2D eigenvalue weighted by Crippen LogP contribution is 2.48. The number of hydrogen-bond donors (Lipinski definition) is 1. The number of aliphatic hydroxyl groups excluding tert-OH is 1. The molecule has 3 rings (SSSR count). The largest absolute Gasteiger partial charge is 0.388 e. The van der Waals surface area contributed by atoms with Crippen molar-refractivity contribution < 1.29 is 9.50 Å². The topological polar surface area (TPSA) is 23.5 Å². The van der Waals surface area contributed by atoms with Gasteiger partial charge < -0.3 is 10.0 Å². The molecule has 3 heteroatoms. The van der Waals surface area contributed by atoms with E-state index in [1.807, 2.05) is 0 Å². The highest BCUT2D eigenvalue weighted by Gasteiger charge is 2.39. The molecule has 1 aromatic carbocycles. The van der Waals surface area contributed by atoms with Crippen LogP contribution in [0.1, 0.15) is 43.8 Å². The molecule has 21 heavy (non-hydrogen) atoms. The number of benzene rings is 1. The first kappa shape index (κ1) is 15.0. The van der Waals surface area contributed by atoms with Crippen molar-refractivity contribution in [2.45, 2.75) is 38.2 Å². The van der Waals surface area contributed by atoms with E-state index >= 15 is 0 Å². The lowest BCUT2D eigenvalue weighted by molar-refractivity contribution is 0.138. The van der Waals surface area contributed by atoms with Gasteiger partial charge in [-0.05, 0) is 68.2 Å². The zero-order valence-electron chi connectivity index (χ0n) is 12.8. The molecule has 116 valence electrons. The molecule has 0 aliphatic heterocycles. The van der Waals surface area contributed by atoms with Crippen LogP contribution in [0, 0.1) is 23.6 Å². The van der Waals surface area contributed by atoms with Crippen LogP contribution in [0.25, 0.3) is 0 Å². The fourth-order valence-electron chi connectivity index (χ4n) is 4.29. The van der Waals surface area contributed by atoms with Crippen molar-refractivity contribution in [1.29, 1.82) is 0 Å². The molecule has 4 unspecified atom stereocenters. The first-order valence-corrected chi connectivity index (χ1v) is 8.24. The van der Waals surface area contributed by atoms with Gasteiger partial charge in [0.25, 0.3) is 0 Å². The molecule has 0 radical (unpaired) electrons. The van der Waals surface area contributed by atoms with E-state index in [4.69, 9.17) is 0 Å². The number of rotatable bonds is 6. The Bertz CT molecular complexity index is 461. The fourth-order valence-corrected chi connectivity index (χ4v) is 4.29. The number of fused-ring (bicyclic) bond motifs is 2. The molecular weight excluding hydrogens is 265 g/mol. The van der Waals surface area contributed by atoms with Crippen LogP contribution >= 0.6 is 0 Å². The first-order valence-electron chi connectivity index (χ1n) is 8.24. The minimum absolute atomic E-state index is 0.251. The van der Waals surface area contributed by atoms with E-state index in [1.165, 1.54) is 37.8 Å². The van der Waals surface area contributed by atoms with Gasteiger partial charge >= 0.3 is 0 Å². The number of hydrogen-bond acceptors (Lipinski definition) is 2. The third kappa shape index (κ3) is 3.64. The Morgan fingerprint density at radius 3 is 2.62 bits per heavy atom. The zero-order valence-corrected chi connectivity index (χ0v) is 12.8. The van der Waals surface area contributed by atoms with Crippen molar-refractivity contribution in [3.8, 4) is 0 Å². The lowest BCUT2D eigenvalue weighted by Crippen LogP contribution is -2.30. The molecular formula is C18H26FNO. The lowest BCUT2D eigenvalue weighted by atomic mass is 9.88. The third-order valence-electron chi connectivity index (χ3n) is 5.47. The second-order valence-corrected chi connectivity index (χ2v) is 7.05. The van der Waals surface area contributed by atoms with Crippen LogP contribution in [-0.4, -0.2) is 30.1 Å². The van der Waals surface area contributed by atoms with E-state index < -0.39 is 6.10 Å². The molecule has 1 N–H and O–H groups in total. The van der Waals surface area contributed by atoms with Gasteiger partial charge in [0.15, 0.2) is 0 Å². The predicted octanol–water partition coefficient (Wildman–Crippen LogP) is 3.62. The van der Waals surface area contributed by atoms with Crippen molar-refractivity contribution >= 4 is 0 Å². The van der Waals surface area contributed by atoms with Gasteiger partial charge in [0.1, 0.15) is 5.82 Å². The summed E-state index contributed by atoms with van der Waals surface area (Å²) < 4.78 is 12.9. The van der Waals surface area contributed by atoms with E-state index in [2.05, 4.69) is 11.9 Å². The quantitative estimate of drug-likeness (QED) is 0.865. The van der Waals surface area contributed by atoms with Gasteiger partial charge in [-0.2, -0.15) is 0 Å². The molecule has 0 amide bonds. The van der Waals surface area contributed by atoms with Gasteiger partial charge in [-0.25, -0.2) is 4.39 Å². The summed E-state index contributed by atoms with van der Waals surface area (Å²) in [7, 11) is 2.16. The predicted molar refractivity (Wildman–Crippen MR) is 82.4 cm³/mol. The molecule has 0 saturated heterocycles. The molecule has 2 nitrogen and oxygen atoms in total. The van der Waals surface area contributed by atoms with Gasteiger partial charge in [0.2, 0.25) is 0 Å². The average molecular weight is 291 g/mol. The minimum Gasteiger partial charge on any atom is -0.388 e. The van der Waals surface area contributed by atoms with Crippen LogP contribution in [0.15, 0.2) is 24.3 Å². The smallest absolute Gasteiger partial charge is 0.123 e. The highest BCUT2D eigenvalue weighted by atomic mass is 19.1. The van der Waals surface area contributed by atoms with E-state index in [9.17, 15) is 9.50 Å². The normalized spacial score (nSPS) is 29.2. The van der Waals surface area contributed by atoms with Crippen molar-refractivity contribution in [2.75, 3.05) is 20.1 Å². The van der Waals surface area contributed by atoms with Gasteiger partial charge in [-0.15, -0.1) is 0 Å². The Balaban J connectivity index is 1.43. The number of nitrogens with zero attached hydrogens (tertiary/aromatic N) is 1. The summed E-state index contributed by atoms with van der Waals surface area (Å²) in [5.74, 6) is 2.58. The Morgan fingerprint density at radius 2 is 2.00 bits per heavy atom. The van der Waals surface area contributed by atoms with E-state index in [-0.39, 0.29) is 5.82 Å². The summed E-state index contributed by atoms with van der Waals surface area (Å²) in [5.41, 5.74) is 0.810. The van der Waals surface area contributed by atoms with Crippen molar-refractivity contribution in [2.24, 2.45) is 17.8 Å². The Hall–Kier alpha value is -0.930. The van der Waals surface area contributed by atoms with Gasteiger partial charge in [0, 0.05) is 13.1 Å². The highest BCUT2D eigenvalue weighted by molar-refractivity contribution is 5.18. The number of halogens is 1. The van der Waals surface area contributed by atoms with Crippen LogP contribution in [-0.2, 0) is 0 Å². The van der Waals surface area contributed by atoms with E-state index in [0.29, 0.717) is 6.42 Å². The van der Waals surface area contributed by atoms with E-state index in [1.54, 1.807) is 12.1 Å². The standard InChI is InChI=1S/C18H26FNO/c1-20(12-16-11-13-2-3-15(16)10-13)9-8-18(21)14-4-6-17(19)7-5-14/h4-7,13,15-16,18,21H,2-3,8-12H2,1H3. The average Bonchev–Trinajstić information content (AvgIpc) is 3.08. The van der Waals surface area contributed by atoms with Gasteiger partial charge in [0.05, 0.1) is 6.10 Å². The zero-order chi connectivity index (χ0) is 14.8. The second kappa shape index (κ2) is 6.45. The molecule has 4 atom stereocenters. The summed E-state index contributed by atoms with van der Waals surface area (Å²) >= 11 is 0. The molecule has 2 aliphatic rings. The van der Waals surface area contributed by atoms with Gasteiger partial charge in [-0.3, -0.25) is 0 Å². The molecule has 2 bridgehead atoms. The summed E-state index contributed by atoms with van der Waals surface area (Å²) in [4.78, 5) is 2.36. The maximum Gasteiger partial charge on any atom is 0.123 e. The molecule has 1 aromatic rings. The van der Waals surface area contributed by atoms with Crippen LogP contribution in [0.2, 0.25) is 0 Å². The molecule has 0 aromatic heterocycles. The second-order valence-electron chi connectivity index (χ2n) is 7.05.